The summed E-state index contributed by atoms with van der Waals surface area (Å²) in [5.41, 5.74) is 2.54. The number of amides is 2. The summed E-state index contributed by atoms with van der Waals surface area (Å²) in [6, 6.07) is 8.58. The Hall–Kier alpha value is -2.63. The molecule has 6 nitrogen and oxygen atoms in total. The Morgan fingerprint density at radius 2 is 2.00 bits per heavy atom. The topological polar surface area (TPSA) is 69.3 Å². The number of carbonyl (C=O) groups is 2. The number of nitrogens with one attached hydrogen (secondary N) is 1. The Labute approximate surface area is 165 Å². The molecule has 6 heteroatoms. The van der Waals surface area contributed by atoms with Gasteiger partial charge in [-0.25, -0.2) is 4.98 Å². The fourth-order valence-corrected chi connectivity index (χ4v) is 4.50. The fourth-order valence-electron chi connectivity index (χ4n) is 4.50. The first-order chi connectivity index (χ1) is 13.5. The van der Waals surface area contributed by atoms with Crippen LogP contribution in [0.2, 0.25) is 0 Å². The molecule has 2 amide bonds. The molecule has 2 aliphatic rings. The van der Waals surface area contributed by atoms with Crippen molar-refractivity contribution < 1.29 is 9.59 Å². The highest BCUT2D eigenvalue weighted by Crippen LogP contribution is 2.40. The molecule has 28 heavy (non-hydrogen) atoms. The molecular formula is C22H28N4O2. The molecule has 1 atom stereocenters. The number of likely N-dealkylation sites (tertiary alicyclic amines) is 2. The Morgan fingerprint density at radius 1 is 1.21 bits per heavy atom. The van der Waals surface area contributed by atoms with Crippen molar-refractivity contribution >= 4 is 11.8 Å². The van der Waals surface area contributed by atoms with Gasteiger partial charge in [0.15, 0.2) is 0 Å². The second kappa shape index (κ2) is 7.41. The number of carbonyl (C=O) groups excluding carboxylic acids is 2. The smallest absolute Gasteiger partial charge is 0.271 e. The lowest BCUT2D eigenvalue weighted by molar-refractivity contribution is -0.146. The molecule has 0 bridgehead atoms. The molecule has 148 valence electrons. The number of rotatable bonds is 4. The molecule has 2 aromatic rings. The van der Waals surface area contributed by atoms with Crippen molar-refractivity contribution in [2.75, 3.05) is 19.6 Å². The number of nitrogens with zero attached hydrogens (tertiary/aromatic N) is 3. The lowest BCUT2D eigenvalue weighted by Crippen LogP contribution is -2.50. The van der Waals surface area contributed by atoms with E-state index in [0.717, 1.165) is 31.4 Å². The minimum Gasteiger partial charge on any atom is -0.341 e. The normalized spacial score (nSPS) is 22.5. The minimum atomic E-state index is -0.425. The zero-order valence-corrected chi connectivity index (χ0v) is 16.6. The van der Waals surface area contributed by atoms with Crippen LogP contribution in [0.25, 0.3) is 0 Å². The molecule has 1 spiro atoms. The van der Waals surface area contributed by atoms with E-state index < -0.39 is 5.41 Å². The molecular weight excluding hydrogens is 352 g/mol. The van der Waals surface area contributed by atoms with Crippen LogP contribution >= 0.6 is 0 Å². The summed E-state index contributed by atoms with van der Waals surface area (Å²) in [6.45, 7) is 6.94. The molecule has 1 N–H and O–H groups in total. The van der Waals surface area contributed by atoms with E-state index in [1.807, 2.05) is 4.90 Å². The minimum absolute atomic E-state index is 0.0661. The molecule has 1 aromatic heterocycles. The van der Waals surface area contributed by atoms with E-state index in [1.54, 1.807) is 11.1 Å². The maximum absolute atomic E-state index is 13.4. The van der Waals surface area contributed by atoms with Crippen LogP contribution < -0.4 is 0 Å². The highest BCUT2D eigenvalue weighted by molar-refractivity contribution is 5.93. The number of piperidine rings is 1. The van der Waals surface area contributed by atoms with Gasteiger partial charge in [-0.15, -0.1) is 0 Å². The van der Waals surface area contributed by atoms with Gasteiger partial charge in [-0.3, -0.25) is 9.59 Å². The summed E-state index contributed by atoms with van der Waals surface area (Å²) in [5, 5.41) is 0. The van der Waals surface area contributed by atoms with Crippen LogP contribution in [0.3, 0.4) is 0 Å². The van der Waals surface area contributed by atoms with E-state index in [9.17, 15) is 9.59 Å². The predicted octanol–water partition coefficient (Wildman–Crippen LogP) is 3.19. The number of aromatic nitrogens is 2. The van der Waals surface area contributed by atoms with Gasteiger partial charge < -0.3 is 14.8 Å². The Morgan fingerprint density at radius 3 is 2.68 bits per heavy atom. The second-order valence-electron chi connectivity index (χ2n) is 8.45. The molecule has 1 unspecified atom stereocenters. The lowest BCUT2D eigenvalue weighted by Gasteiger charge is -2.39. The van der Waals surface area contributed by atoms with E-state index in [0.29, 0.717) is 31.2 Å². The van der Waals surface area contributed by atoms with Gasteiger partial charge in [0, 0.05) is 26.2 Å². The van der Waals surface area contributed by atoms with Crippen molar-refractivity contribution in [3.05, 3.63) is 53.6 Å². The summed E-state index contributed by atoms with van der Waals surface area (Å²) >= 11 is 0. The van der Waals surface area contributed by atoms with E-state index in [1.165, 1.54) is 11.9 Å². The number of H-pyrrole nitrogens is 1. The molecule has 2 fully saturated rings. The number of aromatic amines is 1. The largest absolute Gasteiger partial charge is 0.341 e. The van der Waals surface area contributed by atoms with Gasteiger partial charge in [0.1, 0.15) is 5.69 Å². The molecule has 2 saturated heterocycles. The third-order valence-corrected chi connectivity index (χ3v) is 6.21. The van der Waals surface area contributed by atoms with Crippen LogP contribution in [0.1, 0.15) is 60.6 Å². The number of hydrogen-bond acceptors (Lipinski definition) is 3. The standard InChI is InChI=1S/C22H28N4O2/c1-16(2)18-6-4-17(5-7-18)13-25-10-3-8-22(21(25)28)9-11-26(14-22)20(27)19-12-23-15-24-19/h4-7,12,15-16H,3,8-11,13-14H2,1-2H3,(H,23,24). The first-order valence-electron chi connectivity index (χ1n) is 10.1. The highest BCUT2D eigenvalue weighted by Gasteiger charge is 2.49. The number of imidazole rings is 1. The van der Waals surface area contributed by atoms with Crippen LogP contribution in [-0.4, -0.2) is 51.2 Å². The maximum atomic E-state index is 13.4. The van der Waals surface area contributed by atoms with Gasteiger partial charge in [-0.05, 0) is 36.3 Å². The van der Waals surface area contributed by atoms with Crippen LogP contribution in [0.4, 0.5) is 0 Å². The molecule has 4 rings (SSSR count). The fraction of sp³-hybridized carbons (Fsp3) is 0.500. The molecule has 0 aliphatic carbocycles. The average molecular weight is 380 g/mol. The third-order valence-electron chi connectivity index (χ3n) is 6.21. The van der Waals surface area contributed by atoms with Crippen LogP contribution in [0.5, 0.6) is 0 Å². The monoisotopic (exact) mass is 380 g/mol. The summed E-state index contributed by atoms with van der Waals surface area (Å²) in [4.78, 5) is 36.6. The van der Waals surface area contributed by atoms with Gasteiger partial charge >= 0.3 is 0 Å². The van der Waals surface area contributed by atoms with E-state index >= 15 is 0 Å². The van der Waals surface area contributed by atoms with Crippen molar-refractivity contribution in [1.82, 2.24) is 19.8 Å². The SMILES string of the molecule is CC(C)c1ccc(CN2CCCC3(CCN(C(=O)c4cnc[nH]4)C3)C2=O)cc1. The number of benzene rings is 1. The second-order valence-corrected chi connectivity index (χ2v) is 8.45. The molecule has 3 heterocycles. The van der Waals surface area contributed by atoms with Gasteiger partial charge in [0.2, 0.25) is 5.91 Å². The van der Waals surface area contributed by atoms with Crippen molar-refractivity contribution in [3.8, 4) is 0 Å². The Bertz CT molecular complexity index is 844. The summed E-state index contributed by atoms with van der Waals surface area (Å²) in [7, 11) is 0. The van der Waals surface area contributed by atoms with Crippen molar-refractivity contribution in [1.29, 1.82) is 0 Å². The van der Waals surface area contributed by atoms with Gasteiger partial charge in [0.25, 0.3) is 5.91 Å². The molecule has 0 radical (unpaired) electrons. The van der Waals surface area contributed by atoms with E-state index in [2.05, 4.69) is 48.1 Å². The quantitative estimate of drug-likeness (QED) is 0.886. The van der Waals surface area contributed by atoms with Crippen LogP contribution in [0, 0.1) is 5.41 Å². The van der Waals surface area contributed by atoms with Crippen molar-refractivity contribution in [2.45, 2.75) is 45.6 Å². The number of hydrogen-bond donors (Lipinski definition) is 1. The summed E-state index contributed by atoms with van der Waals surface area (Å²) in [6.07, 6.45) is 5.65. The van der Waals surface area contributed by atoms with E-state index in [4.69, 9.17) is 0 Å². The van der Waals surface area contributed by atoms with Crippen molar-refractivity contribution in [2.24, 2.45) is 5.41 Å². The highest BCUT2D eigenvalue weighted by atomic mass is 16.2. The van der Waals surface area contributed by atoms with E-state index in [-0.39, 0.29) is 11.8 Å². The Balaban J connectivity index is 1.45. The third kappa shape index (κ3) is 3.43. The first-order valence-corrected chi connectivity index (χ1v) is 10.1. The molecule has 1 aromatic carbocycles. The van der Waals surface area contributed by atoms with Gasteiger partial charge in [-0.1, -0.05) is 38.1 Å². The predicted molar refractivity (Wildman–Crippen MR) is 107 cm³/mol. The van der Waals surface area contributed by atoms with Crippen LogP contribution in [-0.2, 0) is 11.3 Å². The maximum Gasteiger partial charge on any atom is 0.271 e. The molecule has 0 saturated carbocycles. The first kappa shape index (κ1) is 18.7. The average Bonchev–Trinajstić information content (AvgIpc) is 3.37. The Kier molecular flexibility index (Phi) is 4.96. The van der Waals surface area contributed by atoms with Gasteiger partial charge in [-0.2, -0.15) is 0 Å². The lowest BCUT2D eigenvalue weighted by atomic mass is 9.78. The summed E-state index contributed by atoms with van der Waals surface area (Å²) < 4.78 is 0. The van der Waals surface area contributed by atoms with Crippen molar-refractivity contribution in [3.63, 3.8) is 0 Å². The summed E-state index contributed by atoms with van der Waals surface area (Å²) in [5.74, 6) is 0.640. The molecule has 2 aliphatic heterocycles. The zero-order chi connectivity index (χ0) is 19.7. The van der Waals surface area contributed by atoms with Gasteiger partial charge in [0.05, 0.1) is 17.9 Å². The zero-order valence-electron chi connectivity index (χ0n) is 16.6. The van der Waals surface area contributed by atoms with Crippen LogP contribution in [0.15, 0.2) is 36.8 Å².